The minimum atomic E-state index is 0.620. The van der Waals surface area contributed by atoms with Crippen molar-refractivity contribution in [3.05, 3.63) is 23.8 Å². The van der Waals surface area contributed by atoms with Crippen LogP contribution in [0.4, 0.5) is 0 Å². The summed E-state index contributed by atoms with van der Waals surface area (Å²) in [5.41, 5.74) is 3.82. The molecule has 2 nitrogen and oxygen atoms in total. The third-order valence-electron chi connectivity index (χ3n) is 2.90. The van der Waals surface area contributed by atoms with E-state index in [4.69, 9.17) is 0 Å². The summed E-state index contributed by atoms with van der Waals surface area (Å²) < 4.78 is 0. The van der Waals surface area contributed by atoms with Gasteiger partial charge in [-0.25, -0.2) is 0 Å². The molecule has 2 heteroatoms. The van der Waals surface area contributed by atoms with E-state index in [1.54, 1.807) is 0 Å². The molecule has 1 aliphatic carbocycles. The van der Waals surface area contributed by atoms with Crippen LogP contribution in [0.1, 0.15) is 33.1 Å². The van der Waals surface area contributed by atoms with E-state index in [1.165, 1.54) is 23.3 Å². The Labute approximate surface area is 93.2 Å². The van der Waals surface area contributed by atoms with Crippen molar-refractivity contribution in [2.24, 2.45) is 4.99 Å². The number of hydrogen-bond donors (Lipinski definition) is 1. The van der Waals surface area contributed by atoms with E-state index in [1.807, 2.05) is 7.05 Å². The van der Waals surface area contributed by atoms with Gasteiger partial charge in [-0.15, -0.1) is 0 Å². The van der Waals surface area contributed by atoms with Crippen LogP contribution in [0.3, 0.4) is 0 Å². The summed E-state index contributed by atoms with van der Waals surface area (Å²) in [6.07, 6.45) is 5.81. The Kier molecular flexibility index (Phi) is 4.76. The van der Waals surface area contributed by atoms with Gasteiger partial charge in [-0.2, -0.15) is 0 Å². The van der Waals surface area contributed by atoms with Crippen LogP contribution in [0, 0.1) is 0 Å². The Morgan fingerprint density at radius 2 is 2.33 bits per heavy atom. The van der Waals surface area contributed by atoms with Crippen molar-refractivity contribution in [3.63, 3.8) is 0 Å². The lowest BCUT2D eigenvalue weighted by Crippen LogP contribution is -2.32. The van der Waals surface area contributed by atoms with Crippen LogP contribution in [-0.2, 0) is 0 Å². The van der Waals surface area contributed by atoms with Crippen LogP contribution in [0.15, 0.2) is 28.8 Å². The van der Waals surface area contributed by atoms with Gasteiger partial charge in [0.1, 0.15) is 0 Å². The maximum Gasteiger partial charge on any atom is 0.0342 e. The number of aliphatic imine (C=N–C) groups is 1. The summed E-state index contributed by atoms with van der Waals surface area (Å²) in [5, 5.41) is 3.51. The van der Waals surface area contributed by atoms with Crippen molar-refractivity contribution < 1.29 is 0 Å². The predicted octanol–water partition coefficient (Wildman–Crippen LogP) is 2.72. The van der Waals surface area contributed by atoms with E-state index >= 15 is 0 Å². The van der Waals surface area contributed by atoms with E-state index in [0.717, 1.165) is 19.4 Å². The van der Waals surface area contributed by atoms with Gasteiger partial charge in [0.15, 0.2) is 0 Å². The Bertz CT molecular complexity index is 287. The zero-order valence-electron chi connectivity index (χ0n) is 10.1. The van der Waals surface area contributed by atoms with Gasteiger partial charge in [0, 0.05) is 25.3 Å². The van der Waals surface area contributed by atoms with Crippen LogP contribution >= 0.6 is 0 Å². The molecule has 0 spiro atoms. The van der Waals surface area contributed by atoms with E-state index in [9.17, 15) is 0 Å². The van der Waals surface area contributed by atoms with Crippen LogP contribution in [0.25, 0.3) is 0 Å². The molecule has 0 aromatic carbocycles. The number of allylic oxidation sites excluding steroid dienone is 1. The van der Waals surface area contributed by atoms with Crippen LogP contribution in [0.2, 0.25) is 0 Å². The second kappa shape index (κ2) is 5.86. The fourth-order valence-electron chi connectivity index (χ4n) is 1.81. The molecule has 1 rings (SSSR count). The highest BCUT2D eigenvalue weighted by Gasteiger charge is 2.14. The standard InChI is InChI=1S/C13H22N2/c1-10(2)9-15-13-7-5-12(6-8-13)11(3)14-4/h5,13,15H,1,6-9H2,2-4H3. The van der Waals surface area contributed by atoms with E-state index in [0.29, 0.717) is 6.04 Å². The van der Waals surface area contributed by atoms with Crippen molar-refractivity contribution in [2.75, 3.05) is 13.6 Å². The minimum Gasteiger partial charge on any atom is -0.310 e. The quantitative estimate of drug-likeness (QED) is 0.555. The van der Waals surface area contributed by atoms with Crippen LogP contribution < -0.4 is 5.32 Å². The normalized spacial score (nSPS) is 22.5. The Morgan fingerprint density at radius 3 is 2.80 bits per heavy atom. The van der Waals surface area contributed by atoms with Gasteiger partial charge in [-0.1, -0.05) is 18.2 Å². The molecule has 0 heterocycles. The Hall–Kier alpha value is -0.890. The zero-order valence-corrected chi connectivity index (χ0v) is 10.1. The first kappa shape index (κ1) is 12.2. The SMILES string of the molecule is C=C(C)CNC1CC=C(C(C)=NC)CC1. The fraction of sp³-hybridized carbons (Fsp3) is 0.615. The average Bonchev–Trinajstić information content (AvgIpc) is 2.26. The molecule has 1 atom stereocenters. The molecule has 0 bridgehead atoms. The lowest BCUT2D eigenvalue weighted by molar-refractivity contribution is 0.489. The lowest BCUT2D eigenvalue weighted by atomic mass is 9.92. The summed E-state index contributed by atoms with van der Waals surface area (Å²) in [5.74, 6) is 0. The molecule has 84 valence electrons. The van der Waals surface area contributed by atoms with Crippen molar-refractivity contribution in [2.45, 2.75) is 39.2 Å². The smallest absolute Gasteiger partial charge is 0.0342 e. The highest BCUT2D eigenvalue weighted by molar-refractivity contribution is 5.98. The van der Waals surface area contributed by atoms with Gasteiger partial charge >= 0.3 is 0 Å². The molecule has 15 heavy (non-hydrogen) atoms. The molecule has 0 aromatic heterocycles. The average molecular weight is 206 g/mol. The Morgan fingerprint density at radius 1 is 1.60 bits per heavy atom. The summed E-state index contributed by atoms with van der Waals surface area (Å²) in [4.78, 5) is 4.23. The predicted molar refractivity (Wildman–Crippen MR) is 67.6 cm³/mol. The van der Waals surface area contributed by atoms with Crippen molar-refractivity contribution in [1.82, 2.24) is 5.32 Å². The summed E-state index contributed by atoms with van der Waals surface area (Å²) in [7, 11) is 1.86. The van der Waals surface area contributed by atoms with Crippen molar-refractivity contribution in [1.29, 1.82) is 0 Å². The largest absolute Gasteiger partial charge is 0.310 e. The van der Waals surface area contributed by atoms with Gasteiger partial charge in [0.05, 0.1) is 0 Å². The highest BCUT2D eigenvalue weighted by atomic mass is 14.9. The van der Waals surface area contributed by atoms with Crippen LogP contribution in [0.5, 0.6) is 0 Å². The number of nitrogens with zero attached hydrogens (tertiary/aromatic N) is 1. The van der Waals surface area contributed by atoms with E-state index in [2.05, 4.69) is 36.8 Å². The molecule has 0 saturated heterocycles. The molecule has 0 aromatic rings. The highest BCUT2D eigenvalue weighted by Crippen LogP contribution is 2.19. The maximum atomic E-state index is 4.23. The molecule has 1 aliphatic rings. The molecule has 0 fully saturated rings. The lowest BCUT2D eigenvalue weighted by Gasteiger charge is -2.23. The third kappa shape index (κ3) is 4.00. The zero-order chi connectivity index (χ0) is 11.3. The Balaban J connectivity index is 2.40. The van der Waals surface area contributed by atoms with Gasteiger partial charge < -0.3 is 5.32 Å². The molecular weight excluding hydrogens is 184 g/mol. The second-order valence-corrected chi connectivity index (χ2v) is 4.35. The molecular formula is C13H22N2. The first-order valence-corrected chi connectivity index (χ1v) is 5.64. The van der Waals surface area contributed by atoms with E-state index < -0.39 is 0 Å². The van der Waals surface area contributed by atoms with Gasteiger partial charge in [0.25, 0.3) is 0 Å². The molecule has 0 amide bonds. The summed E-state index contributed by atoms with van der Waals surface area (Å²) in [6.45, 7) is 8.99. The third-order valence-corrected chi connectivity index (χ3v) is 2.90. The molecule has 0 radical (unpaired) electrons. The molecule has 1 N–H and O–H groups in total. The van der Waals surface area contributed by atoms with E-state index in [-0.39, 0.29) is 0 Å². The van der Waals surface area contributed by atoms with Crippen molar-refractivity contribution in [3.8, 4) is 0 Å². The fourth-order valence-corrected chi connectivity index (χ4v) is 1.81. The second-order valence-electron chi connectivity index (χ2n) is 4.35. The topological polar surface area (TPSA) is 24.4 Å². The monoisotopic (exact) mass is 206 g/mol. The van der Waals surface area contributed by atoms with Gasteiger partial charge in [0.2, 0.25) is 0 Å². The number of hydrogen-bond acceptors (Lipinski definition) is 2. The first-order chi connectivity index (χ1) is 7.13. The summed E-state index contributed by atoms with van der Waals surface area (Å²) in [6, 6.07) is 0.620. The first-order valence-electron chi connectivity index (χ1n) is 5.64. The minimum absolute atomic E-state index is 0.620. The maximum absolute atomic E-state index is 4.23. The van der Waals surface area contributed by atoms with Gasteiger partial charge in [-0.05, 0) is 38.7 Å². The number of nitrogens with one attached hydrogen (secondary N) is 1. The molecule has 1 unspecified atom stereocenters. The van der Waals surface area contributed by atoms with Gasteiger partial charge in [-0.3, -0.25) is 4.99 Å². The summed E-state index contributed by atoms with van der Waals surface area (Å²) >= 11 is 0. The van der Waals surface area contributed by atoms with Crippen LogP contribution in [-0.4, -0.2) is 25.3 Å². The number of rotatable bonds is 4. The molecule has 0 saturated carbocycles. The van der Waals surface area contributed by atoms with Crippen molar-refractivity contribution >= 4 is 5.71 Å². The molecule has 0 aliphatic heterocycles.